The van der Waals surface area contributed by atoms with Crippen LogP contribution < -0.4 is 10.6 Å². The van der Waals surface area contributed by atoms with Gasteiger partial charge in [-0.15, -0.1) is 0 Å². The molecule has 4 fully saturated rings. The fourth-order valence-corrected chi connectivity index (χ4v) is 5.58. The van der Waals surface area contributed by atoms with Crippen molar-refractivity contribution in [1.82, 2.24) is 10.6 Å². The monoisotopic (exact) mass is 306 g/mol. The van der Waals surface area contributed by atoms with Gasteiger partial charge in [0.15, 0.2) is 0 Å². The van der Waals surface area contributed by atoms with Gasteiger partial charge in [0.2, 0.25) is 0 Å². The van der Waals surface area contributed by atoms with Crippen LogP contribution in [0.25, 0.3) is 0 Å². The molecule has 4 aliphatic rings. The molecule has 4 aliphatic carbocycles. The van der Waals surface area contributed by atoms with E-state index >= 15 is 0 Å². The highest BCUT2D eigenvalue weighted by Crippen LogP contribution is 2.60. The lowest BCUT2D eigenvalue weighted by atomic mass is 9.45. The summed E-state index contributed by atoms with van der Waals surface area (Å²) in [5.41, 5.74) is 0.594. The molecule has 2 bridgehead atoms. The van der Waals surface area contributed by atoms with Gasteiger partial charge in [-0.2, -0.15) is 0 Å². The van der Waals surface area contributed by atoms with Crippen LogP contribution in [0.1, 0.15) is 78.6 Å². The van der Waals surface area contributed by atoms with Crippen molar-refractivity contribution in [2.24, 2.45) is 23.2 Å². The van der Waals surface area contributed by atoms with Gasteiger partial charge in [0.1, 0.15) is 0 Å². The summed E-state index contributed by atoms with van der Waals surface area (Å²) in [7, 11) is 0. The molecule has 2 nitrogen and oxygen atoms in total. The zero-order chi connectivity index (χ0) is 15.6. The van der Waals surface area contributed by atoms with Crippen LogP contribution in [0.3, 0.4) is 0 Å². The van der Waals surface area contributed by atoms with Crippen molar-refractivity contribution in [3.63, 3.8) is 0 Å². The third-order valence-corrected chi connectivity index (χ3v) is 7.29. The van der Waals surface area contributed by atoms with E-state index < -0.39 is 0 Å². The maximum absolute atomic E-state index is 3.92. The van der Waals surface area contributed by atoms with E-state index in [0.29, 0.717) is 5.41 Å². The van der Waals surface area contributed by atoms with Gasteiger partial charge in [-0.1, -0.05) is 52.9 Å². The molecule has 0 heterocycles. The molecule has 128 valence electrons. The molecule has 0 radical (unpaired) electrons. The minimum atomic E-state index is 0.594. The first kappa shape index (κ1) is 16.8. The Labute approximate surface area is 138 Å². The minimum absolute atomic E-state index is 0.594. The van der Waals surface area contributed by atoms with Crippen molar-refractivity contribution >= 4 is 0 Å². The first-order chi connectivity index (χ1) is 10.6. The zero-order valence-electron chi connectivity index (χ0n) is 15.2. The van der Waals surface area contributed by atoms with Crippen LogP contribution in [-0.2, 0) is 0 Å². The Balaban J connectivity index is 1.37. The second-order valence-electron chi connectivity index (χ2n) is 9.05. The van der Waals surface area contributed by atoms with Crippen molar-refractivity contribution < 1.29 is 0 Å². The molecule has 4 saturated carbocycles. The van der Waals surface area contributed by atoms with Crippen molar-refractivity contribution in [2.45, 2.75) is 90.6 Å². The van der Waals surface area contributed by atoms with E-state index in [2.05, 4.69) is 31.4 Å². The molecule has 0 spiro atoms. The van der Waals surface area contributed by atoms with Gasteiger partial charge in [-0.3, -0.25) is 0 Å². The van der Waals surface area contributed by atoms with Gasteiger partial charge >= 0.3 is 0 Å². The number of hydrogen-bond acceptors (Lipinski definition) is 2. The highest BCUT2D eigenvalue weighted by molar-refractivity contribution is 5.08. The standard InChI is InChI=1S/C20H38N2/c1-15-13-16-14-18(20(16,2)3)19(15)22-12-11-21-17-9-7-5-4-6-8-10-17/h15-19,21-22H,4-14H2,1-3H3/t15-,16-,18-,19+/m0/s1. The van der Waals surface area contributed by atoms with Crippen LogP contribution >= 0.6 is 0 Å². The van der Waals surface area contributed by atoms with Gasteiger partial charge in [-0.25, -0.2) is 0 Å². The van der Waals surface area contributed by atoms with Crippen molar-refractivity contribution in [3.8, 4) is 0 Å². The van der Waals surface area contributed by atoms with Gasteiger partial charge in [0.25, 0.3) is 0 Å². The Morgan fingerprint density at radius 3 is 2.18 bits per heavy atom. The highest BCUT2D eigenvalue weighted by atomic mass is 15.0. The van der Waals surface area contributed by atoms with Crippen LogP contribution in [0, 0.1) is 23.2 Å². The second kappa shape index (κ2) is 7.21. The van der Waals surface area contributed by atoms with E-state index in [1.807, 2.05) is 0 Å². The molecule has 2 N–H and O–H groups in total. The lowest BCUT2D eigenvalue weighted by molar-refractivity contribution is -0.110. The number of rotatable bonds is 5. The Morgan fingerprint density at radius 1 is 0.864 bits per heavy atom. The van der Waals surface area contributed by atoms with Crippen LogP contribution in [0.4, 0.5) is 0 Å². The second-order valence-corrected chi connectivity index (χ2v) is 9.05. The highest BCUT2D eigenvalue weighted by Gasteiger charge is 2.56. The van der Waals surface area contributed by atoms with E-state index in [0.717, 1.165) is 42.9 Å². The van der Waals surface area contributed by atoms with Gasteiger partial charge < -0.3 is 10.6 Å². The Morgan fingerprint density at radius 2 is 1.50 bits per heavy atom. The predicted octanol–water partition coefficient (Wildman–Crippen LogP) is 4.35. The van der Waals surface area contributed by atoms with Crippen molar-refractivity contribution in [3.05, 3.63) is 0 Å². The fourth-order valence-electron chi connectivity index (χ4n) is 5.58. The van der Waals surface area contributed by atoms with E-state index in [9.17, 15) is 0 Å². The van der Waals surface area contributed by atoms with E-state index in [1.54, 1.807) is 0 Å². The third kappa shape index (κ3) is 3.53. The molecule has 0 aromatic heterocycles. The summed E-state index contributed by atoms with van der Waals surface area (Å²) < 4.78 is 0. The first-order valence-corrected chi connectivity index (χ1v) is 10.1. The smallest absolute Gasteiger partial charge is 0.0127 e. The molecule has 0 aromatic carbocycles. The van der Waals surface area contributed by atoms with Crippen LogP contribution in [0.2, 0.25) is 0 Å². The Kier molecular flexibility index (Phi) is 5.50. The molecule has 0 amide bonds. The van der Waals surface area contributed by atoms with Crippen LogP contribution in [0.5, 0.6) is 0 Å². The Hall–Kier alpha value is -0.0800. The maximum atomic E-state index is 3.92. The largest absolute Gasteiger partial charge is 0.313 e. The van der Waals surface area contributed by atoms with Crippen LogP contribution in [-0.4, -0.2) is 25.2 Å². The normalized spacial score (nSPS) is 38.9. The lowest BCUT2D eigenvalue weighted by Gasteiger charge is -2.62. The van der Waals surface area contributed by atoms with E-state index in [-0.39, 0.29) is 0 Å². The summed E-state index contributed by atoms with van der Waals surface area (Å²) >= 11 is 0. The van der Waals surface area contributed by atoms with E-state index in [1.165, 1.54) is 57.8 Å². The van der Waals surface area contributed by atoms with Crippen molar-refractivity contribution in [2.75, 3.05) is 13.1 Å². The number of hydrogen-bond donors (Lipinski definition) is 2. The minimum Gasteiger partial charge on any atom is -0.313 e. The maximum Gasteiger partial charge on any atom is 0.0127 e. The molecule has 4 atom stereocenters. The summed E-state index contributed by atoms with van der Waals surface area (Å²) in [5.74, 6) is 2.79. The molecular weight excluding hydrogens is 268 g/mol. The number of fused-ring (bicyclic) bond motifs is 2. The number of nitrogens with one attached hydrogen (secondary N) is 2. The SMILES string of the molecule is C[C@H]1C[C@H]2C[C@@H]([C@@H]1NCCNC1CCCCCCC1)C2(C)C. The summed E-state index contributed by atoms with van der Waals surface area (Å²) in [6.07, 6.45) is 13.0. The molecule has 4 rings (SSSR count). The van der Waals surface area contributed by atoms with Gasteiger partial charge in [0.05, 0.1) is 0 Å². The summed E-state index contributed by atoms with van der Waals surface area (Å²) in [5, 5.41) is 7.75. The summed E-state index contributed by atoms with van der Waals surface area (Å²) in [6.45, 7) is 9.78. The van der Waals surface area contributed by atoms with Crippen molar-refractivity contribution in [1.29, 1.82) is 0 Å². The van der Waals surface area contributed by atoms with Gasteiger partial charge in [-0.05, 0) is 48.9 Å². The third-order valence-electron chi connectivity index (χ3n) is 7.29. The average Bonchev–Trinajstić information content (AvgIpc) is 2.46. The zero-order valence-corrected chi connectivity index (χ0v) is 15.2. The quantitative estimate of drug-likeness (QED) is 0.738. The predicted molar refractivity (Wildman–Crippen MR) is 95.1 cm³/mol. The van der Waals surface area contributed by atoms with Crippen LogP contribution in [0.15, 0.2) is 0 Å². The summed E-state index contributed by atoms with van der Waals surface area (Å²) in [4.78, 5) is 0. The Bertz CT molecular complexity index is 344. The fraction of sp³-hybridized carbons (Fsp3) is 1.00. The molecular formula is C20H38N2. The average molecular weight is 307 g/mol. The molecule has 0 saturated heterocycles. The molecule has 0 unspecified atom stereocenters. The van der Waals surface area contributed by atoms with Gasteiger partial charge in [0, 0.05) is 25.2 Å². The van der Waals surface area contributed by atoms with E-state index in [4.69, 9.17) is 0 Å². The topological polar surface area (TPSA) is 24.1 Å². The summed E-state index contributed by atoms with van der Waals surface area (Å²) in [6, 6.07) is 1.55. The molecule has 0 aliphatic heterocycles. The first-order valence-electron chi connectivity index (χ1n) is 10.1. The molecule has 22 heavy (non-hydrogen) atoms. The molecule has 2 heteroatoms. The molecule has 0 aromatic rings. The lowest BCUT2D eigenvalue weighted by Crippen LogP contribution is -2.62.